The van der Waals surface area contributed by atoms with E-state index in [1.165, 1.54) is 0 Å². The molecule has 2 aromatic heterocycles. The van der Waals surface area contributed by atoms with Gasteiger partial charge in [-0.05, 0) is 25.5 Å². The van der Waals surface area contributed by atoms with Gasteiger partial charge in [0.05, 0.1) is 5.69 Å². The molecule has 0 saturated carbocycles. The molecule has 0 aromatic carbocycles. The molecule has 2 aromatic rings. The molecule has 72 valence electrons. The van der Waals surface area contributed by atoms with Crippen LogP contribution in [0.15, 0.2) is 18.3 Å². The van der Waals surface area contributed by atoms with Crippen molar-refractivity contribution in [2.45, 2.75) is 13.8 Å². The maximum Gasteiger partial charge on any atom is 0.145 e. The number of aromatic nitrogens is 3. The van der Waals surface area contributed by atoms with Crippen molar-refractivity contribution in [2.24, 2.45) is 0 Å². The summed E-state index contributed by atoms with van der Waals surface area (Å²) < 4.78 is 0. The van der Waals surface area contributed by atoms with E-state index in [1.807, 2.05) is 20.0 Å². The molecule has 4 heteroatoms. The predicted octanol–water partition coefficient (Wildman–Crippen LogP) is 1.67. The quantitative estimate of drug-likeness (QED) is 0.715. The maximum absolute atomic E-state index is 5.52. The van der Waals surface area contributed by atoms with Crippen LogP contribution < -0.4 is 5.73 Å². The zero-order chi connectivity index (χ0) is 10.1. The Kier molecular flexibility index (Phi) is 1.96. The van der Waals surface area contributed by atoms with Crippen molar-refractivity contribution < 1.29 is 0 Å². The van der Waals surface area contributed by atoms with Crippen molar-refractivity contribution in [1.29, 1.82) is 0 Å². The summed E-state index contributed by atoms with van der Waals surface area (Å²) >= 11 is 0. The summed E-state index contributed by atoms with van der Waals surface area (Å²) in [6.07, 6.45) is 1.81. The fraction of sp³-hybridized carbons (Fsp3) is 0.200. The lowest BCUT2D eigenvalue weighted by molar-refractivity contribution is 1.09. The molecule has 0 amide bonds. The van der Waals surface area contributed by atoms with E-state index in [2.05, 4.69) is 21.2 Å². The van der Waals surface area contributed by atoms with E-state index < -0.39 is 0 Å². The Balaban J connectivity index is 2.47. The van der Waals surface area contributed by atoms with Crippen LogP contribution in [0.1, 0.15) is 11.3 Å². The number of pyridine rings is 1. The Bertz CT molecular complexity index is 459. The minimum Gasteiger partial charge on any atom is -0.382 e. The second-order valence-corrected chi connectivity index (χ2v) is 3.33. The Morgan fingerprint density at radius 1 is 1.29 bits per heavy atom. The molecule has 0 aliphatic heterocycles. The Labute approximate surface area is 82.2 Å². The van der Waals surface area contributed by atoms with Crippen LogP contribution in [0.5, 0.6) is 0 Å². The fourth-order valence-corrected chi connectivity index (χ4v) is 1.28. The van der Waals surface area contributed by atoms with Crippen molar-refractivity contribution in [3.05, 3.63) is 29.6 Å². The molecule has 0 bridgehead atoms. The van der Waals surface area contributed by atoms with E-state index in [9.17, 15) is 0 Å². The molecule has 3 N–H and O–H groups in total. The first-order valence-corrected chi connectivity index (χ1v) is 4.41. The first-order valence-electron chi connectivity index (χ1n) is 4.41. The standard InChI is InChI=1S/C10H12N4/c1-6-3-8(5-12-7(6)2)9-4-10(11)14-13-9/h3-5H,1-2H3,(H3,11,13,14). The van der Waals surface area contributed by atoms with Crippen LogP contribution in [-0.4, -0.2) is 15.2 Å². The van der Waals surface area contributed by atoms with Crippen LogP contribution in [-0.2, 0) is 0 Å². The average Bonchev–Trinajstić information content (AvgIpc) is 2.57. The lowest BCUT2D eigenvalue weighted by Crippen LogP contribution is -1.88. The number of rotatable bonds is 1. The SMILES string of the molecule is Cc1cc(-c2cc(N)n[nH]2)cnc1C. The molecule has 0 radical (unpaired) electrons. The smallest absolute Gasteiger partial charge is 0.145 e. The first-order chi connectivity index (χ1) is 6.66. The number of aromatic amines is 1. The lowest BCUT2D eigenvalue weighted by atomic mass is 10.1. The summed E-state index contributed by atoms with van der Waals surface area (Å²) in [6, 6.07) is 3.86. The number of nitrogens with zero attached hydrogens (tertiary/aromatic N) is 2. The van der Waals surface area contributed by atoms with Gasteiger partial charge in [-0.25, -0.2) is 0 Å². The second kappa shape index (κ2) is 3.14. The normalized spacial score (nSPS) is 10.4. The third-order valence-electron chi connectivity index (χ3n) is 2.25. The van der Waals surface area contributed by atoms with Gasteiger partial charge in [0.2, 0.25) is 0 Å². The highest BCUT2D eigenvalue weighted by atomic mass is 15.2. The van der Waals surface area contributed by atoms with E-state index in [-0.39, 0.29) is 0 Å². The summed E-state index contributed by atoms with van der Waals surface area (Å²) in [4.78, 5) is 4.28. The van der Waals surface area contributed by atoms with Gasteiger partial charge < -0.3 is 5.73 Å². The number of aryl methyl sites for hydroxylation is 2. The zero-order valence-electron chi connectivity index (χ0n) is 8.20. The van der Waals surface area contributed by atoms with Gasteiger partial charge in [-0.3, -0.25) is 10.1 Å². The van der Waals surface area contributed by atoms with Crippen molar-refractivity contribution in [3.63, 3.8) is 0 Å². The minimum absolute atomic E-state index is 0.498. The van der Waals surface area contributed by atoms with Crippen molar-refractivity contribution in [2.75, 3.05) is 5.73 Å². The third-order valence-corrected chi connectivity index (χ3v) is 2.25. The number of hydrogen-bond acceptors (Lipinski definition) is 3. The molecule has 0 fully saturated rings. The minimum atomic E-state index is 0.498. The Morgan fingerprint density at radius 3 is 2.64 bits per heavy atom. The van der Waals surface area contributed by atoms with Gasteiger partial charge in [-0.2, -0.15) is 5.10 Å². The molecule has 2 heterocycles. The van der Waals surface area contributed by atoms with Crippen LogP contribution in [0.4, 0.5) is 5.82 Å². The van der Waals surface area contributed by atoms with Gasteiger partial charge >= 0.3 is 0 Å². The van der Waals surface area contributed by atoms with E-state index >= 15 is 0 Å². The largest absolute Gasteiger partial charge is 0.382 e. The molecular weight excluding hydrogens is 176 g/mol. The number of nitrogens with one attached hydrogen (secondary N) is 1. The van der Waals surface area contributed by atoms with Crippen molar-refractivity contribution in [1.82, 2.24) is 15.2 Å². The average molecular weight is 188 g/mol. The summed E-state index contributed by atoms with van der Waals surface area (Å²) in [5.41, 5.74) is 9.64. The molecular formula is C10H12N4. The lowest BCUT2D eigenvalue weighted by Gasteiger charge is -2.01. The van der Waals surface area contributed by atoms with Crippen LogP contribution in [0.2, 0.25) is 0 Å². The summed E-state index contributed by atoms with van der Waals surface area (Å²) in [5, 5.41) is 6.72. The number of H-pyrrole nitrogens is 1. The van der Waals surface area contributed by atoms with Gasteiger partial charge in [0.15, 0.2) is 0 Å². The molecule has 14 heavy (non-hydrogen) atoms. The molecule has 0 unspecified atom stereocenters. The first kappa shape index (κ1) is 8.74. The summed E-state index contributed by atoms with van der Waals surface area (Å²) in [6.45, 7) is 4.02. The highest BCUT2D eigenvalue weighted by molar-refractivity contribution is 5.61. The molecule has 0 aliphatic rings. The predicted molar refractivity (Wildman–Crippen MR) is 55.7 cm³/mol. The zero-order valence-corrected chi connectivity index (χ0v) is 8.20. The monoisotopic (exact) mass is 188 g/mol. The van der Waals surface area contributed by atoms with Gasteiger partial charge in [-0.1, -0.05) is 0 Å². The van der Waals surface area contributed by atoms with Crippen LogP contribution in [0.25, 0.3) is 11.3 Å². The number of anilines is 1. The molecule has 2 rings (SSSR count). The molecule has 0 atom stereocenters. The Hall–Kier alpha value is -1.84. The fourth-order valence-electron chi connectivity index (χ4n) is 1.28. The number of nitrogen functional groups attached to an aromatic ring is 1. The highest BCUT2D eigenvalue weighted by Crippen LogP contribution is 2.19. The summed E-state index contributed by atoms with van der Waals surface area (Å²) in [5.74, 6) is 0.498. The van der Waals surface area contributed by atoms with Gasteiger partial charge in [-0.15, -0.1) is 0 Å². The Morgan fingerprint density at radius 2 is 2.07 bits per heavy atom. The van der Waals surface area contributed by atoms with Gasteiger partial charge in [0, 0.05) is 23.5 Å². The molecule has 0 saturated heterocycles. The second-order valence-electron chi connectivity index (χ2n) is 3.33. The summed E-state index contributed by atoms with van der Waals surface area (Å²) in [7, 11) is 0. The topological polar surface area (TPSA) is 67.6 Å². The van der Waals surface area contributed by atoms with Crippen LogP contribution >= 0.6 is 0 Å². The highest BCUT2D eigenvalue weighted by Gasteiger charge is 2.03. The van der Waals surface area contributed by atoms with E-state index in [1.54, 1.807) is 6.07 Å². The molecule has 0 aliphatic carbocycles. The number of hydrogen-bond donors (Lipinski definition) is 2. The van der Waals surface area contributed by atoms with Crippen LogP contribution in [0, 0.1) is 13.8 Å². The third kappa shape index (κ3) is 1.46. The molecule has 0 spiro atoms. The van der Waals surface area contributed by atoms with Crippen LogP contribution in [0.3, 0.4) is 0 Å². The van der Waals surface area contributed by atoms with Gasteiger partial charge in [0.1, 0.15) is 5.82 Å². The van der Waals surface area contributed by atoms with Crippen molar-refractivity contribution >= 4 is 5.82 Å². The molecule has 4 nitrogen and oxygen atoms in total. The van der Waals surface area contributed by atoms with E-state index in [0.29, 0.717) is 5.82 Å². The number of nitrogens with two attached hydrogens (primary N) is 1. The van der Waals surface area contributed by atoms with E-state index in [4.69, 9.17) is 5.73 Å². The van der Waals surface area contributed by atoms with Gasteiger partial charge in [0.25, 0.3) is 0 Å². The maximum atomic E-state index is 5.52. The van der Waals surface area contributed by atoms with E-state index in [0.717, 1.165) is 22.5 Å². The van der Waals surface area contributed by atoms with Crippen molar-refractivity contribution in [3.8, 4) is 11.3 Å².